The average molecular weight is 203 g/mol. The molecule has 0 saturated heterocycles. The third-order valence-electron chi connectivity index (χ3n) is 2.03. The molecule has 1 heterocycles. The largest absolute Gasteiger partial charge is 0.494 e. The van der Waals surface area contributed by atoms with Crippen molar-refractivity contribution in [2.75, 3.05) is 12.3 Å². The number of hydrogen-bond donors (Lipinski definition) is 2. The second-order valence-corrected chi connectivity index (χ2v) is 3.14. The number of aromatic amines is 1. The van der Waals surface area contributed by atoms with Crippen LogP contribution in [0.3, 0.4) is 0 Å². The average Bonchev–Trinajstić information content (AvgIpc) is 2.67. The number of hydrogen-bond acceptors (Lipinski definition) is 3. The number of nitrogens with zero attached hydrogens (tertiary/aromatic N) is 1. The maximum atomic E-state index is 5.55. The molecule has 0 fully saturated rings. The lowest BCUT2D eigenvalue weighted by Crippen LogP contribution is -1.91. The molecule has 0 aliphatic carbocycles. The van der Waals surface area contributed by atoms with Crippen molar-refractivity contribution >= 4 is 5.82 Å². The zero-order valence-corrected chi connectivity index (χ0v) is 8.53. The molecular weight excluding hydrogens is 190 g/mol. The van der Waals surface area contributed by atoms with E-state index in [9.17, 15) is 0 Å². The number of H-pyrrole nitrogens is 1. The van der Waals surface area contributed by atoms with Gasteiger partial charge in [0.1, 0.15) is 17.4 Å². The zero-order chi connectivity index (χ0) is 10.7. The number of aromatic nitrogens is 2. The summed E-state index contributed by atoms with van der Waals surface area (Å²) in [6, 6.07) is 7.72. The van der Waals surface area contributed by atoms with E-state index < -0.39 is 0 Å². The summed E-state index contributed by atoms with van der Waals surface area (Å²) in [4.78, 5) is 7.11. The second-order valence-electron chi connectivity index (χ2n) is 3.14. The van der Waals surface area contributed by atoms with Gasteiger partial charge in [-0.05, 0) is 31.2 Å². The van der Waals surface area contributed by atoms with E-state index in [0.717, 1.165) is 17.1 Å². The maximum Gasteiger partial charge on any atom is 0.138 e. The number of anilines is 1. The minimum absolute atomic E-state index is 0.568. The lowest BCUT2D eigenvalue weighted by Gasteiger charge is -2.02. The fraction of sp³-hybridized carbons (Fsp3) is 0.182. The first-order valence-corrected chi connectivity index (χ1v) is 4.83. The van der Waals surface area contributed by atoms with Crippen LogP contribution in [0.1, 0.15) is 6.92 Å². The number of nitrogens with one attached hydrogen (secondary N) is 1. The molecular formula is C11H13N3O. The molecule has 0 atom stereocenters. The summed E-state index contributed by atoms with van der Waals surface area (Å²) in [6.07, 6.45) is 1.60. The highest BCUT2D eigenvalue weighted by Gasteiger charge is 2.01. The first-order chi connectivity index (χ1) is 7.29. The molecule has 15 heavy (non-hydrogen) atoms. The van der Waals surface area contributed by atoms with E-state index in [4.69, 9.17) is 10.5 Å². The minimum atomic E-state index is 0.568. The van der Waals surface area contributed by atoms with Crippen molar-refractivity contribution in [2.45, 2.75) is 6.92 Å². The summed E-state index contributed by atoms with van der Waals surface area (Å²) in [5, 5.41) is 0. The van der Waals surface area contributed by atoms with Gasteiger partial charge in [0.15, 0.2) is 0 Å². The number of ether oxygens (including phenoxy) is 1. The monoisotopic (exact) mass is 203 g/mol. The van der Waals surface area contributed by atoms with Crippen molar-refractivity contribution in [3.63, 3.8) is 0 Å². The fourth-order valence-electron chi connectivity index (χ4n) is 1.36. The summed E-state index contributed by atoms with van der Waals surface area (Å²) in [5.41, 5.74) is 6.55. The van der Waals surface area contributed by atoms with E-state index in [-0.39, 0.29) is 0 Å². The van der Waals surface area contributed by atoms with E-state index >= 15 is 0 Å². The molecule has 4 nitrogen and oxygen atoms in total. The van der Waals surface area contributed by atoms with Gasteiger partial charge in [-0.3, -0.25) is 0 Å². The van der Waals surface area contributed by atoms with Gasteiger partial charge in [-0.1, -0.05) is 0 Å². The Morgan fingerprint density at radius 3 is 2.60 bits per heavy atom. The van der Waals surface area contributed by atoms with E-state index in [1.54, 1.807) is 6.20 Å². The number of rotatable bonds is 3. The van der Waals surface area contributed by atoms with Gasteiger partial charge in [0, 0.05) is 5.56 Å². The summed E-state index contributed by atoms with van der Waals surface area (Å²) in [7, 11) is 0. The van der Waals surface area contributed by atoms with Crippen molar-refractivity contribution in [1.82, 2.24) is 9.97 Å². The van der Waals surface area contributed by atoms with Gasteiger partial charge in [0.05, 0.1) is 12.8 Å². The van der Waals surface area contributed by atoms with Crippen LogP contribution in [0.15, 0.2) is 30.5 Å². The number of benzene rings is 1. The normalized spacial score (nSPS) is 10.2. The molecule has 0 amide bonds. The predicted molar refractivity (Wildman–Crippen MR) is 59.6 cm³/mol. The molecule has 0 radical (unpaired) electrons. The highest BCUT2D eigenvalue weighted by molar-refractivity contribution is 5.58. The van der Waals surface area contributed by atoms with Crippen molar-refractivity contribution < 1.29 is 4.74 Å². The Labute approximate surface area is 88.1 Å². The van der Waals surface area contributed by atoms with E-state index in [0.29, 0.717) is 12.4 Å². The molecule has 0 aliphatic rings. The standard InChI is InChI=1S/C11H13N3O/c1-2-15-9-5-3-8(4-6-9)11-13-7-10(12)14-11/h3-7H,2,12H2,1H3,(H,13,14). The van der Waals surface area contributed by atoms with Gasteiger partial charge in [-0.2, -0.15) is 0 Å². The van der Waals surface area contributed by atoms with E-state index in [2.05, 4.69) is 9.97 Å². The summed E-state index contributed by atoms with van der Waals surface area (Å²) < 4.78 is 5.35. The topological polar surface area (TPSA) is 63.9 Å². The number of imidazole rings is 1. The Kier molecular flexibility index (Phi) is 2.58. The van der Waals surface area contributed by atoms with Crippen LogP contribution in [-0.2, 0) is 0 Å². The molecule has 2 rings (SSSR count). The van der Waals surface area contributed by atoms with Gasteiger partial charge in [0.2, 0.25) is 0 Å². The zero-order valence-electron chi connectivity index (χ0n) is 8.53. The quantitative estimate of drug-likeness (QED) is 0.802. The third-order valence-corrected chi connectivity index (χ3v) is 2.03. The highest BCUT2D eigenvalue weighted by atomic mass is 16.5. The lowest BCUT2D eigenvalue weighted by atomic mass is 10.2. The SMILES string of the molecule is CCOc1ccc(-c2ncc(N)[nH]2)cc1. The van der Waals surface area contributed by atoms with Crippen LogP contribution in [0.25, 0.3) is 11.4 Å². The Balaban J connectivity index is 2.23. The first kappa shape index (κ1) is 9.58. The molecule has 0 aliphatic heterocycles. The van der Waals surface area contributed by atoms with Crippen LogP contribution in [0.2, 0.25) is 0 Å². The molecule has 4 heteroatoms. The van der Waals surface area contributed by atoms with Gasteiger partial charge in [-0.25, -0.2) is 4.98 Å². The Morgan fingerprint density at radius 2 is 2.07 bits per heavy atom. The van der Waals surface area contributed by atoms with Crippen LogP contribution in [-0.4, -0.2) is 16.6 Å². The second kappa shape index (κ2) is 4.04. The number of nitrogens with two attached hydrogens (primary N) is 1. The highest BCUT2D eigenvalue weighted by Crippen LogP contribution is 2.20. The Hall–Kier alpha value is -1.97. The van der Waals surface area contributed by atoms with Crippen molar-refractivity contribution in [2.24, 2.45) is 0 Å². The van der Waals surface area contributed by atoms with E-state index in [1.165, 1.54) is 0 Å². The van der Waals surface area contributed by atoms with Crippen molar-refractivity contribution in [3.05, 3.63) is 30.5 Å². The van der Waals surface area contributed by atoms with Crippen LogP contribution >= 0.6 is 0 Å². The molecule has 1 aromatic heterocycles. The molecule has 0 saturated carbocycles. The molecule has 1 aromatic carbocycles. The molecule has 0 spiro atoms. The third kappa shape index (κ3) is 2.10. The van der Waals surface area contributed by atoms with Gasteiger partial charge >= 0.3 is 0 Å². The van der Waals surface area contributed by atoms with Crippen LogP contribution in [0.5, 0.6) is 5.75 Å². The summed E-state index contributed by atoms with van der Waals surface area (Å²) in [5.74, 6) is 2.20. The van der Waals surface area contributed by atoms with Crippen LogP contribution in [0.4, 0.5) is 5.82 Å². The molecule has 78 valence electrons. The van der Waals surface area contributed by atoms with Gasteiger partial charge in [0.25, 0.3) is 0 Å². The predicted octanol–water partition coefficient (Wildman–Crippen LogP) is 2.06. The minimum Gasteiger partial charge on any atom is -0.494 e. The van der Waals surface area contributed by atoms with Gasteiger partial charge < -0.3 is 15.5 Å². The smallest absolute Gasteiger partial charge is 0.138 e. The molecule has 0 bridgehead atoms. The van der Waals surface area contributed by atoms with Crippen molar-refractivity contribution in [1.29, 1.82) is 0 Å². The molecule has 0 unspecified atom stereocenters. The summed E-state index contributed by atoms with van der Waals surface area (Å²) in [6.45, 7) is 2.63. The first-order valence-electron chi connectivity index (χ1n) is 4.83. The fourth-order valence-corrected chi connectivity index (χ4v) is 1.36. The lowest BCUT2D eigenvalue weighted by molar-refractivity contribution is 0.340. The van der Waals surface area contributed by atoms with Gasteiger partial charge in [-0.15, -0.1) is 0 Å². The maximum absolute atomic E-state index is 5.55. The molecule has 3 N–H and O–H groups in total. The van der Waals surface area contributed by atoms with Crippen LogP contribution in [0, 0.1) is 0 Å². The summed E-state index contributed by atoms with van der Waals surface area (Å²) >= 11 is 0. The van der Waals surface area contributed by atoms with Crippen LogP contribution < -0.4 is 10.5 Å². The Morgan fingerprint density at radius 1 is 1.33 bits per heavy atom. The number of nitrogen functional groups attached to an aromatic ring is 1. The molecule has 2 aromatic rings. The Bertz CT molecular complexity index is 433. The van der Waals surface area contributed by atoms with Crippen molar-refractivity contribution in [3.8, 4) is 17.1 Å². The van der Waals surface area contributed by atoms with E-state index in [1.807, 2.05) is 31.2 Å².